The molecule has 1 heterocycles. The first-order valence-corrected chi connectivity index (χ1v) is 7.17. The summed E-state index contributed by atoms with van der Waals surface area (Å²) in [5, 5.41) is 3.00. The van der Waals surface area contributed by atoms with Crippen LogP contribution in [0, 0.1) is 5.41 Å². The van der Waals surface area contributed by atoms with Crippen molar-refractivity contribution in [3.8, 4) is 5.88 Å². The van der Waals surface area contributed by atoms with Gasteiger partial charge in [-0.3, -0.25) is 4.79 Å². The van der Waals surface area contributed by atoms with E-state index < -0.39 is 0 Å². The number of rotatable bonds is 5. The monoisotopic (exact) mass is 277 g/mol. The normalized spacial score (nSPS) is 17.5. The lowest BCUT2D eigenvalue weighted by atomic mass is 9.73. The van der Waals surface area contributed by atoms with Crippen LogP contribution in [0.3, 0.4) is 0 Å². The predicted octanol–water partition coefficient (Wildman–Crippen LogP) is 1.62. The molecular weight excluding hydrogens is 254 g/mol. The first kappa shape index (κ1) is 14.8. The Morgan fingerprint density at radius 1 is 1.40 bits per heavy atom. The molecule has 5 nitrogen and oxygen atoms in total. The molecule has 110 valence electrons. The number of nitrogens with two attached hydrogens (primary N) is 1. The number of amides is 1. The van der Waals surface area contributed by atoms with E-state index in [-0.39, 0.29) is 11.3 Å². The van der Waals surface area contributed by atoms with Crippen molar-refractivity contribution < 1.29 is 9.53 Å². The van der Waals surface area contributed by atoms with Gasteiger partial charge in [-0.15, -0.1) is 0 Å². The third-order valence-electron chi connectivity index (χ3n) is 4.14. The van der Waals surface area contributed by atoms with Gasteiger partial charge in [0.2, 0.25) is 11.8 Å². The summed E-state index contributed by atoms with van der Waals surface area (Å²) in [4.78, 5) is 16.5. The van der Waals surface area contributed by atoms with Crippen LogP contribution in [0.4, 0.5) is 0 Å². The van der Waals surface area contributed by atoms with Crippen LogP contribution in [0.1, 0.15) is 37.7 Å². The molecule has 1 aromatic heterocycles. The molecule has 20 heavy (non-hydrogen) atoms. The molecule has 0 aromatic carbocycles. The second kappa shape index (κ2) is 6.70. The number of ether oxygens (including phenoxy) is 1. The number of hydrogen-bond acceptors (Lipinski definition) is 4. The zero-order valence-electron chi connectivity index (χ0n) is 12.0. The molecule has 0 bridgehead atoms. The molecule has 0 unspecified atom stereocenters. The van der Waals surface area contributed by atoms with Crippen LogP contribution in [-0.2, 0) is 11.3 Å². The number of aromatic nitrogens is 1. The summed E-state index contributed by atoms with van der Waals surface area (Å²) < 4.78 is 5.01. The van der Waals surface area contributed by atoms with E-state index in [1.54, 1.807) is 19.4 Å². The van der Waals surface area contributed by atoms with Crippen molar-refractivity contribution in [3.63, 3.8) is 0 Å². The van der Waals surface area contributed by atoms with Gasteiger partial charge >= 0.3 is 0 Å². The van der Waals surface area contributed by atoms with Crippen molar-refractivity contribution in [1.82, 2.24) is 10.3 Å². The van der Waals surface area contributed by atoms with Gasteiger partial charge in [-0.1, -0.05) is 25.3 Å². The third kappa shape index (κ3) is 3.28. The van der Waals surface area contributed by atoms with E-state index >= 15 is 0 Å². The molecule has 3 N–H and O–H groups in total. The second-order valence-corrected chi connectivity index (χ2v) is 5.44. The van der Waals surface area contributed by atoms with Gasteiger partial charge in [0.05, 0.1) is 12.5 Å². The highest BCUT2D eigenvalue weighted by Crippen LogP contribution is 2.35. The fraction of sp³-hybridized carbons (Fsp3) is 0.600. The van der Waals surface area contributed by atoms with E-state index in [0.29, 0.717) is 19.0 Å². The van der Waals surface area contributed by atoms with Crippen LogP contribution in [-0.4, -0.2) is 24.5 Å². The quantitative estimate of drug-likeness (QED) is 0.857. The van der Waals surface area contributed by atoms with Gasteiger partial charge in [-0.2, -0.15) is 0 Å². The van der Waals surface area contributed by atoms with Gasteiger partial charge in [0.15, 0.2) is 0 Å². The van der Waals surface area contributed by atoms with Crippen molar-refractivity contribution in [2.45, 2.75) is 38.6 Å². The Bertz CT molecular complexity index is 439. The topological polar surface area (TPSA) is 77.2 Å². The number of carbonyl (C=O) groups excluding carboxylic acids is 1. The van der Waals surface area contributed by atoms with Gasteiger partial charge in [0, 0.05) is 25.4 Å². The van der Waals surface area contributed by atoms with Crippen molar-refractivity contribution in [2.75, 3.05) is 13.7 Å². The maximum absolute atomic E-state index is 12.4. The molecule has 1 aromatic rings. The minimum Gasteiger partial charge on any atom is -0.481 e. The SMILES string of the molecule is COc1ccc(CNC(=O)C2(CN)CCCCC2)cn1. The Hall–Kier alpha value is -1.62. The molecule has 1 aliphatic carbocycles. The van der Waals surface area contributed by atoms with Crippen molar-refractivity contribution in [2.24, 2.45) is 11.1 Å². The molecule has 5 heteroatoms. The highest BCUT2D eigenvalue weighted by molar-refractivity contribution is 5.83. The summed E-state index contributed by atoms with van der Waals surface area (Å²) in [6, 6.07) is 3.70. The summed E-state index contributed by atoms with van der Waals surface area (Å²) in [6.45, 7) is 0.914. The van der Waals surface area contributed by atoms with E-state index in [1.807, 2.05) is 6.07 Å². The number of hydrogen-bond donors (Lipinski definition) is 2. The summed E-state index contributed by atoms with van der Waals surface area (Å²) in [6.07, 6.45) is 6.91. The van der Waals surface area contributed by atoms with Crippen molar-refractivity contribution in [3.05, 3.63) is 23.9 Å². The zero-order chi connectivity index (χ0) is 14.4. The summed E-state index contributed by atoms with van der Waals surface area (Å²) in [5.41, 5.74) is 6.45. The number of pyridine rings is 1. The molecule has 2 rings (SSSR count). The minimum absolute atomic E-state index is 0.0792. The average Bonchev–Trinajstić information content (AvgIpc) is 2.53. The first-order chi connectivity index (χ1) is 9.70. The lowest BCUT2D eigenvalue weighted by Gasteiger charge is -2.34. The number of carbonyl (C=O) groups is 1. The zero-order valence-corrected chi connectivity index (χ0v) is 12.0. The molecule has 0 saturated heterocycles. The number of nitrogens with zero attached hydrogens (tertiary/aromatic N) is 1. The maximum atomic E-state index is 12.4. The van der Waals surface area contributed by atoms with E-state index in [2.05, 4.69) is 10.3 Å². The van der Waals surface area contributed by atoms with Crippen LogP contribution in [0.15, 0.2) is 18.3 Å². The molecule has 0 atom stereocenters. The fourth-order valence-corrected chi connectivity index (χ4v) is 2.76. The largest absolute Gasteiger partial charge is 0.481 e. The number of nitrogens with one attached hydrogen (secondary N) is 1. The van der Waals surface area contributed by atoms with E-state index in [1.165, 1.54) is 6.42 Å². The first-order valence-electron chi connectivity index (χ1n) is 7.17. The lowest BCUT2D eigenvalue weighted by molar-refractivity contribution is -0.132. The molecular formula is C15H23N3O2. The van der Waals surface area contributed by atoms with E-state index in [0.717, 1.165) is 31.2 Å². The van der Waals surface area contributed by atoms with E-state index in [9.17, 15) is 4.79 Å². The molecule has 0 radical (unpaired) electrons. The van der Waals surface area contributed by atoms with Crippen LogP contribution in [0.2, 0.25) is 0 Å². The minimum atomic E-state index is -0.363. The van der Waals surface area contributed by atoms with Crippen molar-refractivity contribution >= 4 is 5.91 Å². The Morgan fingerprint density at radius 3 is 2.70 bits per heavy atom. The fourth-order valence-electron chi connectivity index (χ4n) is 2.76. The Balaban J connectivity index is 1.93. The summed E-state index contributed by atoms with van der Waals surface area (Å²) in [5.74, 6) is 0.654. The summed E-state index contributed by atoms with van der Waals surface area (Å²) >= 11 is 0. The van der Waals surface area contributed by atoms with Gasteiger partial charge < -0.3 is 15.8 Å². The second-order valence-electron chi connectivity index (χ2n) is 5.44. The molecule has 1 amide bonds. The molecule has 1 aliphatic rings. The van der Waals surface area contributed by atoms with Crippen LogP contribution in [0.25, 0.3) is 0 Å². The van der Waals surface area contributed by atoms with E-state index in [4.69, 9.17) is 10.5 Å². The smallest absolute Gasteiger partial charge is 0.227 e. The van der Waals surface area contributed by atoms with Gasteiger partial charge in [-0.05, 0) is 18.4 Å². The Morgan fingerprint density at radius 2 is 2.15 bits per heavy atom. The highest BCUT2D eigenvalue weighted by Gasteiger charge is 2.37. The highest BCUT2D eigenvalue weighted by atomic mass is 16.5. The average molecular weight is 277 g/mol. The van der Waals surface area contributed by atoms with Gasteiger partial charge in [0.25, 0.3) is 0 Å². The number of methoxy groups -OCH3 is 1. The third-order valence-corrected chi connectivity index (χ3v) is 4.14. The summed E-state index contributed by atoms with van der Waals surface area (Å²) in [7, 11) is 1.58. The molecule has 1 fully saturated rings. The molecule has 1 saturated carbocycles. The van der Waals surface area contributed by atoms with Crippen LogP contribution >= 0.6 is 0 Å². The lowest BCUT2D eigenvalue weighted by Crippen LogP contribution is -2.46. The van der Waals surface area contributed by atoms with Crippen molar-refractivity contribution in [1.29, 1.82) is 0 Å². The van der Waals surface area contributed by atoms with Crippen LogP contribution < -0.4 is 15.8 Å². The maximum Gasteiger partial charge on any atom is 0.227 e. The van der Waals surface area contributed by atoms with Gasteiger partial charge in [0.1, 0.15) is 0 Å². The van der Waals surface area contributed by atoms with Gasteiger partial charge in [-0.25, -0.2) is 4.98 Å². The molecule has 0 spiro atoms. The molecule has 0 aliphatic heterocycles. The standard InChI is InChI=1S/C15H23N3O2/c1-20-13-6-5-12(9-17-13)10-18-14(19)15(11-16)7-3-2-4-8-15/h5-6,9H,2-4,7-8,10-11,16H2,1H3,(H,18,19). The van der Waals surface area contributed by atoms with Crippen LogP contribution in [0.5, 0.6) is 5.88 Å². The Labute approximate surface area is 119 Å². The predicted molar refractivity (Wildman–Crippen MR) is 77.2 cm³/mol. The Kier molecular flexibility index (Phi) is 4.95.